The van der Waals surface area contributed by atoms with Crippen LogP contribution in [0.2, 0.25) is 0 Å². The largest absolute Gasteiger partial charge is 0.451 e. The first kappa shape index (κ1) is 16.5. The Kier molecular flexibility index (Phi) is 5.59. The zero-order chi connectivity index (χ0) is 15.3. The van der Waals surface area contributed by atoms with E-state index in [1.807, 2.05) is 13.8 Å². The van der Waals surface area contributed by atoms with E-state index in [9.17, 15) is 13.2 Å². The lowest BCUT2D eigenvalue weighted by Crippen LogP contribution is -2.32. The first-order valence-corrected chi connectivity index (χ1v) is 6.76. The number of anilines is 2. The highest BCUT2D eigenvalue weighted by Gasteiger charge is 2.36. The second-order valence-corrected chi connectivity index (χ2v) is 4.54. The van der Waals surface area contributed by atoms with Gasteiger partial charge < -0.3 is 10.2 Å². The van der Waals surface area contributed by atoms with Crippen molar-refractivity contribution in [2.24, 2.45) is 0 Å². The topological polar surface area (TPSA) is 41.0 Å². The van der Waals surface area contributed by atoms with Crippen molar-refractivity contribution in [2.75, 3.05) is 23.8 Å². The van der Waals surface area contributed by atoms with Gasteiger partial charge in [0.1, 0.15) is 11.6 Å². The van der Waals surface area contributed by atoms with Crippen LogP contribution in [0.4, 0.5) is 24.8 Å². The van der Waals surface area contributed by atoms with Gasteiger partial charge in [0.05, 0.1) is 0 Å². The van der Waals surface area contributed by atoms with Crippen LogP contribution < -0.4 is 10.2 Å². The Hall–Kier alpha value is -1.53. The van der Waals surface area contributed by atoms with Crippen molar-refractivity contribution in [3.8, 4) is 0 Å². The maximum absolute atomic E-state index is 12.8. The minimum Gasteiger partial charge on any atom is -0.370 e. The molecule has 1 aromatic heterocycles. The Balaban J connectivity index is 3.21. The molecule has 20 heavy (non-hydrogen) atoms. The lowest BCUT2D eigenvalue weighted by Gasteiger charge is -2.28. The first-order chi connectivity index (χ1) is 9.33. The zero-order valence-electron chi connectivity index (χ0n) is 12.3. The van der Waals surface area contributed by atoms with E-state index in [2.05, 4.69) is 15.3 Å². The fourth-order valence-corrected chi connectivity index (χ4v) is 2.04. The van der Waals surface area contributed by atoms with Crippen LogP contribution in [0.3, 0.4) is 0 Å². The smallest absolute Gasteiger partial charge is 0.370 e. The summed E-state index contributed by atoms with van der Waals surface area (Å²) in [5, 5.41) is 2.81. The quantitative estimate of drug-likeness (QED) is 0.870. The molecule has 4 nitrogen and oxygen atoms in total. The molecule has 0 amide bonds. The molecule has 7 heteroatoms. The highest BCUT2D eigenvalue weighted by molar-refractivity contribution is 5.49. The van der Waals surface area contributed by atoms with Crippen LogP contribution in [0, 0.1) is 0 Å². The molecule has 1 rings (SSSR count). The molecule has 0 aliphatic carbocycles. The van der Waals surface area contributed by atoms with E-state index >= 15 is 0 Å². The van der Waals surface area contributed by atoms with Crippen LogP contribution in [0.25, 0.3) is 0 Å². The van der Waals surface area contributed by atoms with E-state index in [1.165, 1.54) is 0 Å². The van der Waals surface area contributed by atoms with Crippen LogP contribution in [0.5, 0.6) is 0 Å². The van der Waals surface area contributed by atoms with Gasteiger partial charge in [-0.1, -0.05) is 13.8 Å². The highest BCUT2D eigenvalue weighted by atomic mass is 19.4. The summed E-state index contributed by atoms with van der Waals surface area (Å²) in [5.41, 5.74) is 0. The number of rotatable bonds is 6. The van der Waals surface area contributed by atoms with Crippen molar-refractivity contribution in [1.29, 1.82) is 0 Å². The second-order valence-electron chi connectivity index (χ2n) is 4.54. The van der Waals surface area contributed by atoms with Gasteiger partial charge in [0.25, 0.3) is 0 Å². The minimum atomic E-state index is -4.55. The van der Waals surface area contributed by atoms with Gasteiger partial charge in [-0.15, -0.1) is 0 Å². The molecule has 1 heterocycles. The molecule has 0 aliphatic rings. The Labute approximate surface area is 117 Å². The van der Waals surface area contributed by atoms with Crippen molar-refractivity contribution >= 4 is 11.6 Å². The predicted molar refractivity (Wildman–Crippen MR) is 74.0 cm³/mol. The van der Waals surface area contributed by atoms with Crippen molar-refractivity contribution in [3.05, 3.63) is 11.9 Å². The maximum atomic E-state index is 12.8. The minimum absolute atomic E-state index is 0.153. The lowest BCUT2D eigenvalue weighted by atomic mass is 10.1. The Morgan fingerprint density at radius 2 is 1.80 bits per heavy atom. The molecule has 0 atom stereocenters. The summed E-state index contributed by atoms with van der Waals surface area (Å²) in [6.07, 6.45) is -2.86. The molecule has 0 aromatic carbocycles. The molecular formula is C13H21F3N4. The van der Waals surface area contributed by atoms with E-state index < -0.39 is 12.0 Å². The summed E-state index contributed by atoms with van der Waals surface area (Å²) in [7, 11) is 1.76. The maximum Gasteiger partial charge on any atom is 0.451 e. The molecule has 0 saturated heterocycles. The van der Waals surface area contributed by atoms with Gasteiger partial charge in [-0.25, -0.2) is 9.97 Å². The Morgan fingerprint density at radius 1 is 1.20 bits per heavy atom. The number of hydrogen-bond acceptors (Lipinski definition) is 4. The zero-order valence-corrected chi connectivity index (χ0v) is 12.3. The average Bonchev–Trinajstić information content (AvgIpc) is 2.39. The molecule has 0 unspecified atom stereocenters. The first-order valence-electron chi connectivity index (χ1n) is 6.76. The molecule has 1 aromatic rings. The van der Waals surface area contributed by atoms with E-state index in [4.69, 9.17) is 0 Å². The second kappa shape index (κ2) is 6.76. The standard InChI is InChI=1S/C13H21F3N4/c1-5-9(6-2)20(4)11-8-10(17-7-3)18-12(19-11)13(14,15)16/h8-9H,5-7H2,1-4H3,(H,17,18,19). The fourth-order valence-electron chi connectivity index (χ4n) is 2.04. The van der Waals surface area contributed by atoms with Gasteiger partial charge in [0, 0.05) is 25.7 Å². The van der Waals surface area contributed by atoms with Crippen molar-refractivity contribution in [2.45, 2.75) is 45.8 Å². The number of hydrogen-bond donors (Lipinski definition) is 1. The normalized spacial score (nSPS) is 11.8. The third kappa shape index (κ3) is 3.98. The summed E-state index contributed by atoms with van der Waals surface area (Å²) in [6.45, 7) is 6.31. The summed E-state index contributed by atoms with van der Waals surface area (Å²) < 4.78 is 38.5. The van der Waals surface area contributed by atoms with Crippen molar-refractivity contribution < 1.29 is 13.2 Å². The van der Waals surface area contributed by atoms with Crippen molar-refractivity contribution in [1.82, 2.24) is 9.97 Å². The predicted octanol–water partition coefficient (Wildman–Crippen LogP) is 3.55. The molecule has 0 spiro atoms. The summed E-state index contributed by atoms with van der Waals surface area (Å²) in [4.78, 5) is 8.94. The fraction of sp³-hybridized carbons (Fsp3) is 0.692. The number of nitrogens with zero attached hydrogens (tertiary/aromatic N) is 3. The summed E-state index contributed by atoms with van der Waals surface area (Å²) in [5.74, 6) is -0.622. The van der Waals surface area contributed by atoms with Gasteiger partial charge in [-0.3, -0.25) is 0 Å². The molecule has 0 fully saturated rings. The molecule has 0 bridgehead atoms. The monoisotopic (exact) mass is 290 g/mol. The Bertz CT molecular complexity index is 430. The third-order valence-electron chi connectivity index (χ3n) is 3.18. The highest BCUT2D eigenvalue weighted by Crippen LogP contribution is 2.29. The van der Waals surface area contributed by atoms with Gasteiger partial charge in [-0.2, -0.15) is 13.2 Å². The summed E-state index contributed by atoms with van der Waals surface area (Å²) >= 11 is 0. The van der Waals surface area contributed by atoms with E-state index in [0.717, 1.165) is 12.8 Å². The van der Waals surface area contributed by atoms with Crippen molar-refractivity contribution in [3.63, 3.8) is 0 Å². The molecule has 0 saturated carbocycles. The number of nitrogens with one attached hydrogen (secondary N) is 1. The van der Waals surface area contributed by atoms with Crippen LogP contribution in [0.1, 0.15) is 39.4 Å². The third-order valence-corrected chi connectivity index (χ3v) is 3.18. The molecule has 1 N–H and O–H groups in total. The molecule has 0 aliphatic heterocycles. The van der Waals surface area contributed by atoms with E-state index in [0.29, 0.717) is 6.54 Å². The number of halogens is 3. The number of aromatic nitrogens is 2. The van der Waals surface area contributed by atoms with Gasteiger partial charge in [-0.05, 0) is 19.8 Å². The molecular weight excluding hydrogens is 269 g/mol. The SMILES string of the molecule is CCNc1cc(N(C)C(CC)CC)nc(C(F)(F)F)n1. The Morgan fingerprint density at radius 3 is 2.25 bits per heavy atom. The van der Waals surface area contributed by atoms with Crippen LogP contribution in [-0.4, -0.2) is 29.6 Å². The molecule has 0 radical (unpaired) electrons. The van der Waals surface area contributed by atoms with Crippen LogP contribution >= 0.6 is 0 Å². The van der Waals surface area contributed by atoms with Crippen LogP contribution in [-0.2, 0) is 6.18 Å². The summed E-state index contributed by atoms with van der Waals surface area (Å²) in [6, 6.07) is 1.71. The lowest BCUT2D eigenvalue weighted by molar-refractivity contribution is -0.144. The van der Waals surface area contributed by atoms with Gasteiger partial charge in [0.15, 0.2) is 0 Å². The molecule has 114 valence electrons. The average molecular weight is 290 g/mol. The van der Waals surface area contributed by atoms with E-state index in [-0.39, 0.29) is 17.7 Å². The van der Waals surface area contributed by atoms with Gasteiger partial charge in [0.2, 0.25) is 5.82 Å². The van der Waals surface area contributed by atoms with E-state index in [1.54, 1.807) is 24.9 Å². The number of alkyl halides is 3. The van der Waals surface area contributed by atoms with Gasteiger partial charge >= 0.3 is 6.18 Å². The van der Waals surface area contributed by atoms with Crippen LogP contribution in [0.15, 0.2) is 6.07 Å².